The van der Waals surface area contributed by atoms with Crippen LogP contribution < -0.4 is 10.9 Å². The number of pyridine rings is 1. The Morgan fingerprint density at radius 3 is 2.34 bits per heavy atom. The third-order valence-corrected chi connectivity index (χ3v) is 6.07. The molecule has 1 heterocycles. The number of aliphatic hydroxyl groups is 1. The van der Waals surface area contributed by atoms with Crippen molar-refractivity contribution in [1.82, 2.24) is 10.3 Å². The van der Waals surface area contributed by atoms with Crippen molar-refractivity contribution in [1.29, 1.82) is 0 Å². The average Bonchev–Trinajstić information content (AvgIpc) is 3.12. The molecule has 2 aromatic carbocycles. The normalized spacial score (nSPS) is 15.0. The van der Waals surface area contributed by atoms with E-state index in [-0.39, 0.29) is 17.4 Å². The first-order chi connectivity index (χ1) is 14.0. The van der Waals surface area contributed by atoms with Crippen LogP contribution >= 0.6 is 0 Å². The fraction of sp³-hybridized carbons (Fsp3) is 0.375. The Balaban J connectivity index is 1.49. The molecule has 0 fully saturated rings. The van der Waals surface area contributed by atoms with Gasteiger partial charge in [0.2, 0.25) is 5.56 Å². The van der Waals surface area contributed by atoms with Crippen LogP contribution in [-0.4, -0.2) is 27.8 Å². The van der Waals surface area contributed by atoms with Gasteiger partial charge in [0.25, 0.3) is 0 Å². The number of nitrogens with one attached hydrogen (secondary N) is 2. The molecule has 1 aromatic heterocycles. The Bertz CT molecular complexity index is 1070. The number of aromatic nitrogens is 1. The molecule has 0 spiro atoms. The Morgan fingerprint density at radius 1 is 1.07 bits per heavy atom. The summed E-state index contributed by atoms with van der Waals surface area (Å²) in [5.74, 6) is 0.0359. The molecule has 0 aliphatic heterocycles. The van der Waals surface area contributed by atoms with Crippen molar-refractivity contribution < 1.29 is 10.2 Å². The first-order valence-electron chi connectivity index (χ1n) is 10.4. The molecule has 4 N–H and O–H groups in total. The zero-order valence-corrected chi connectivity index (χ0v) is 17.0. The van der Waals surface area contributed by atoms with Crippen LogP contribution in [0.5, 0.6) is 5.75 Å². The Hall–Kier alpha value is -2.63. The van der Waals surface area contributed by atoms with Crippen LogP contribution in [0.25, 0.3) is 10.9 Å². The van der Waals surface area contributed by atoms with Crippen molar-refractivity contribution in [2.24, 2.45) is 0 Å². The quantitative estimate of drug-likeness (QED) is 0.519. The van der Waals surface area contributed by atoms with E-state index in [0.717, 1.165) is 25.7 Å². The Morgan fingerprint density at radius 2 is 1.72 bits per heavy atom. The summed E-state index contributed by atoms with van der Waals surface area (Å²) in [7, 11) is 0. The van der Waals surface area contributed by atoms with Crippen molar-refractivity contribution >= 4 is 10.9 Å². The summed E-state index contributed by atoms with van der Waals surface area (Å²) in [6.45, 7) is 4.74. The molecule has 1 aliphatic carbocycles. The molecule has 5 heteroatoms. The second-order valence-electron chi connectivity index (χ2n) is 7.91. The second-order valence-corrected chi connectivity index (χ2v) is 7.91. The molecule has 152 valence electrons. The fourth-order valence-corrected chi connectivity index (χ4v) is 4.55. The highest BCUT2D eigenvalue weighted by Crippen LogP contribution is 2.32. The fourth-order valence-electron chi connectivity index (χ4n) is 4.55. The molecule has 5 nitrogen and oxygen atoms in total. The first kappa shape index (κ1) is 19.7. The highest BCUT2D eigenvalue weighted by molar-refractivity contribution is 5.84. The largest absolute Gasteiger partial charge is 0.508 e. The highest BCUT2D eigenvalue weighted by Gasteiger charge is 2.24. The molecule has 0 saturated heterocycles. The molecule has 0 bridgehead atoms. The monoisotopic (exact) mass is 392 g/mol. The number of aromatic amines is 1. The number of benzene rings is 2. The minimum absolute atomic E-state index is 0.0359. The van der Waals surface area contributed by atoms with Crippen LogP contribution in [0.4, 0.5) is 0 Å². The predicted molar refractivity (Wildman–Crippen MR) is 116 cm³/mol. The number of phenolic OH excluding ortho intramolecular Hbond substituents is 1. The van der Waals surface area contributed by atoms with Crippen LogP contribution in [0, 0.1) is 0 Å². The van der Waals surface area contributed by atoms with E-state index in [2.05, 4.69) is 36.3 Å². The lowest BCUT2D eigenvalue weighted by Gasteiger charge is -2.19. The number of phenols is 1. The van der Waals surface area contributed by atoms with Crippen LogP contribution in [0.3, 0.4) is 0 Å². The number of aromatic hydroxyl groups is 1. The van der Waals surface area contributed by atoms with Gasteiger partial charge in [-0.05, 0) is 66.1 Å². The summed E-state index contributed by atoms with van der Waals surface area (Å²) in [5.41, 5.74) is 6.51. The van der Waals surface area contributed by atoms with Gasteiger partial charge in [0.1, 0.15) is 5.75 Å². The molecular weight excluding hydrogens is 364 g/mol. The highest BCUT2D eigenvalue weighted by atomic mass is 16.3. The molecule has 0 radical (unpaired) electrons. The topological polar surface area (TPSA) is 85.3 Å². The third kappa shape index (κ3) is 3.80. The Kier molecular flexibility index (Phi) is 5.43. The lowest BCUT2D eigenvalue weighted by atomic mass is 9.97. The molecule has 4 rings (SSSR count). The van der Waals surface area contributed by atoms with E-state index in [4.69, 9.17) is 0 Å². The Labute approximate surface area is 170 Å². The van der Waals surface area contributed by atoms with Gasteiger partial charge in [-0.3, -0.25) is 4.79 Å². The minimum Gasteiger partial charge on any atom is -0.508 e. The van der Waals surface area contributed by atoms with E-state index < -0.39 is 6.10 Å². The van der Waals surface area contributed by atoms with Crippen LogP contribution in [0.2, 0.25) is 0 Å². The van der Waals surface area contributed by atoms with Gasteiger partial charge in [0, 0.05) is 35.1 Å². The van der Waals surface area contributed by atoms with Gasteiger partial charge in [0.15, 0.2) is 0 Å². The molecule has 1 unspecified atom stereocenters. The molecule has 1 atom stereocenters. The number of aryl methyl sites for hydroxylation is 2. The van der Waals surface area contributed by atoms with Gasteiger partial charge in [-0.2, -0.15) is 0 Å². The molecule has 1 aliphatic rings. The summed E-state index contributed by atoms with van der Waals surface area (Å²) >= 11 is 0. The second kappa shape index (κ2) is 8.01. The summed E-state index contributed by atoms with van der Waals surface area (Å²) in [5, 5.41) is 25.2. The molecule has 0 saturated carbocycles. The number of hydrogen-bond donors (Lipinski definition) is 4. The molecule has 3 aromatic rings. The van der Waals surface area contributed by atoms with E-state index in [0.29, 0.717) is 23.0 Å². The maximum absolute atomic E-state index is 11.6. The first-order valence-corrected chi connectivity index (χ1v) is 10.4. The van der Waals surface area contributed by atoms with Crippen molar-refractivity contribution in [2.45, 2.75) is 51.7 Å². The van der Waals surface area contributed by atoms with E-state index in [1.54, 1.807) is 12.1 Å². The van der Waals surface area contributed by atoms with Crippen LogP contribution in [0.15, 0.2) is 41.2 Å². The van der Waals surface area contributed by atoms with E-state index in [1.807, 2.05) is 0 Å². The standard InChI is InChI=1S/C24H28N2O3/c1-3-14-9-16-11-18(12-17(16)10-15(14)4-2)25-13-22(28)24-19-5-8-23(29)26-20(19)6-7-21(24)27/h5-10,18,22,25,27-28H,3-4,11-13H2,1-2H3,(H,26,29). The number of rotatable bonds is 6. The van der Waals surface area contributed by atoms with Crippen molar-refractivity contribution in [3.05, 3.63) is 74.6 Å². The minimum atomic E-state index is -0.870. The van der Waals surface area contributed by atoms with E-state index in [9.17, 15) is 15.0 Å². The van der Waals surface area contributed by atoms with Gasteiger partial charge >= 0.3 is 0 Å². The zero-order valence-electron chi connectivity index (χ0n) is 17.0. The van der Waals surface area contributed by atoms with Gasteiger partial charge in [0.05, 0.1) is 6.10 Å². The molecular formula is C24H28N2O3. The average molecular weight is 392 g/mol. The maximum atomic E-state index is 11.6. The third-order valence-electron chi connectivity index (χ3n) is 6.07. The van der Waals surface area contributed by atoms with Crippen LogP contribution in [0.1, 0.15) is 47.8 Å². The number of aliphatic hydroxyl groups excluding tert-OH is 1. The zero-order chi connectivity index (χ0) is 20.5. The SMILES string of the molecule is CCc1cc2c(cc1CC)CC(NCC(O)c1c(O)ccc3[nH]c(=O)ccc13)C2. The van der Waals surface area contributed by atoms with Gasteiger partial charge in [-0.25, -0.2) is 0 Å². The van der Waals surface area contributed by atoms with Crippen molar-refractivity contribution in [2.75, 3.05) is 6.54 Å². The number of fused-ring (bicyclic) bond motifs is 2. The predicted octanol–water partition coefficient (Wildman–Crippen LogP) is 3.15. The summed E-state index contributed by atoms with van der Waals surface area (Å²) in [6.07, 6.45) is 3.14. The number of hydrogen-bond acceptors (Lipinski definition) is 4. The van der Waals surface area contributed by atoms with Crippen molar-refractivity contribution in [3.63, 3.8) is 0 Å². The van der Waals surface area contributed by atoms with E-state index in [1.165, 1.54) is 34.4 Å². The lowest BCUT2D eigenvalue weighted by Crippen LogP contribution is -2.33. The lowest BCUT2D eigenvalue weighted by molar-refractivity contribution is 0.168. The van der Waals surface area contributed by atoms with Crippen LogP contribution in [-0.2, 0) is 25.7 Å². The van der Waals surface area contributed by atoms with Gasteiger partial charge in [-0.1, -0.05) is 26.0 Å². The smallest absolute Gasteiger partial charge is 0.248 e. The van der Waals surface area contributed by atoms with Gasteiger partial charge in [-0.15, -0.1) is 0 Å². The summed E-state index contributed by atoms with van der Waals surface area (Å²) in [4.78, 5) is 14.3. The summed E-state index contributed by atoms with van der Waals surface area (Å²) < 4.78 is 0. The van der Waals surface area contributed by atoms with E-state index >= 15 is 0 Å². The molecule has 29 heavy (non-hydrogen) atoms. The molecule has 0 amide bonds. The maximum Gasteiger partial charge on any atom is 0.248 e. The number of H-pyrrole nitrogens is 1. The van der Waals surface area contributed by atoms with Crippen molar-refractivity contribution in [3.8, 4) is 5.75 Å². The summed E-state index contributed by atoms with van der Waals surface area (Å²) in [6, 6.07) is 11.2. The van der Waals surface area contributed by atoms with Gasteiger partial charge < -0.3 is 20.5 Å².